The van der Waals surface area contributed by atoms with E-state index in [1.807, 2.05) is 48.6 Å². The van der Waals surface area contributed by atoms with E-state index in [9.17, 15) is 13.2 Å². The minimum Gasteiger partial charge on any atom is -0.496 e. The van der Waals surface area contributed by atoms with Crippen LogP contribution < -0.4 is 25.6 Å². The van der Waals surface area contributed by atoms with Gasteiger partial charge >= 0.3 is 6.18 Å². The van der Waals surface area contributed by atoms with E-state index in [2.05, 4.69) is 20.2 Å². The number of fused-ring (bicyclic) bond motifs is 2. The Morgan fingerprint density at radius 3 is 2.56 bits per heavy atom. The smallest absolute Gasteiger partial charge is 0.416 e. The molecular formula is C27H31F3N8O. The highest BCUT2D eigenvalue weighted by Gasteiger charge is 2.32. The Labute approximate surface area is 224 Å². The molecule has 3 aromatic heterocycles. The van der Waals surface area contributed by atoms with Crippen molar-refractivity contribution in [2.75, 3.05) is 48.6 Å². The summed E-state index contributed by atoms with van der Waals surface area (Å²) in [6, 6.07) is 6.98. The van der Waals surface area contributed by atoms with Gasteiger partial charge in [-0.05, 0) is 37.6 Å². The maximum absolute atomic E-state index is 13.4. The van der Waals surface area contributed by atoms with Gasteiger partial charge in [-0.2, -0.15) is 13.2 Å². The van der Waals surface area contributed by atoms with Gasteiger partial charge in [0.15, 0.2) is 0 Å². The number of nitrogens with two attached hydrogens (primary N) is 1. The Kier molecular flexibility index (Phi) is 6.65. The molecule has 1 aromatic carbocycles. The van der Waals surface area contributed by atoms with Gasteiger partial charge in [0.1, 0.15) is 34.7 Å². The van der Waals surface area contributed by atoms with Crippen LogP contribution in [0.15, 0.2) is 36.5 Å². The van der Waals surface area contributed by atoms with E-state index in [1.54, 1.807) is 20.1 Å². The quantitative estimate of drug-likeness (QED) is 0.335. The number of hydrogen-bond acceptors (Lipinski definition) is 8. The summed E-state index contributed by atoms with van der Waals surface area (Å²) < 4.78 is 47.8. The minimum absolute atomic E-state index is 0.0556. The lowest BCUT2D eigenvalue weighted by atomic mass is 10.0. The molecule has 0 spiro atoms. The number of nitrogen functional groups attached to an aromatic ring is 1. The SMILES string of the molecule is COc1cc(N2CCc3nc(C)nc(N[C@H](C)c4cc(N)cc(C(F)(F)F)c4)c3C2)n2cc(N(C)C)nc2c1. The molecule has 0 aliphatic carbocycles. The molecule has 4 heterocycles. The molecule has 39 heavy (non-hydrogen) atoms. The first-order valence-electron chi connectivity index (χ1n) is 12.5. The van der Waals surface area contributed by atoms with E-state index in [0.717, 1.165) is 40.7 Å². The van der Waals surface area contributed by atoms with Crippen LogP contribution in [0.4, 0.5) is 36.3 Å². The minimum atomic E-state index is -4.49. The van der Waals surface area contributed by atoms with Gasteiger partial charge in [0, 0.05) is 57.0 Å². The summed E-state index contributed by atoms with van der Waals surface area (Å²) in [5, 5.41) is 3.33. The first-order chi connectivity index (χ1) is 18.4. The van der Waals surface area contributed by atoms with Crippen molar-refractivity contribution in [1.82, 2.24) is 19.4 Å². The van der Waals surface area contributed by atoms with E-state index >= 15 is 0 Å². The predicted octanol–water partition coefficient (Wildman–Crippen LogP) is 4.84. The fourth-order valence-corrected chi connectivity index (χ4v) is 4.84. The zero-order chi connectivity index (χ0) is 28.1. The first-order valence-corrected chi connectivity index (χ1v) is 12.5. The van der Waals surface area contributed by atoms with E-state index in [-0.39, 0.29) is 5.69 Å². The molecular weight excluding hydrogens is 509 g/mol. The molecule has 5 rings (SSSR count). The molecule has 12 heteroatoms. The first kappa shape index (κ1) is 26.4. The van der Waals surface area contributed by atoms with Gasteiger partial charge in [-0.1, -0.05) is 0 Å². The van der Waals surface area contributed by atoms with Crippen molar-refractivity contribution in [2.45, 2.75) is 39.0 Å². The fraction of sp³-hybridized carbons (Fsp3) is 0.370. The van der Waals surface area contributed by atoms with Gasteiger partial charge in [-0.3, -0.25) is 4.40 Å². The summed E-state index contributed by atoms with van der Waals surface area (Å²) in [5.41, 5.74) is 8.07. The maximum Gasteiger partial charge on any atom is 0.416 e. The highest BCUT2D eigenvalue weighted by atomic mass is 19.4. The molecule has 1 aliphatic heterocycles. The van der Waals surface area contributed by atoms with Crippen LogP contribution in [0.5, 0.6) is 5.75 Å². The van der Waals surface area contributed by atoms with Crippen LogP contribution in [-0.2, 0) is 19.1 Å². The van der Waals surface area contributed by atoms with E-state index < -0.39 is 17.8 Å². The monoisotopic (exact) mass is 540 g/mol. The second-order valence-electron chi connectivity index (χ2n) is 9.94. The highest BCUT2D eigenvalue weighted by Crippen LogP contribution is 2.35. The Morgan fingerprint density at radius 1 is 1.10 bits per heavy atom. The number of hydrogen-bond donors (Lipinski definition) is 2. The molecule has 0 bridgehead atoms. The largest absolute Gasteiger partial charge is 0.496 e. The highest BCUT2D eigenvalue weighted by molar-refractivity contribution is 5.63. The van der Waals surface area contributed by atoms with Gasteiger partial charge in [0.25, 0.3) is 0 Å². The van der Waals surface area contributed by atoms with Crippen LogP contribution in [0.1, 0.15) is 41.2 Å². The van der Waals surface area contributed by atoms with Crippen molar-refractivity contribution in [1.29, 1.82) is 0 Å². The number of imidazole rings is 1. The van der Waals surface area contributed by atoms with E-state index in [0.29, 0.717) is 42.5 Å². The number of alkyl halides is 3. The Balaban J connectivity index is 1.50. The maximum atomic E-state index is 13.4. The average molecular weight is 541 g/mol. The van der Waals surface area contributed by atoms with Crippen LogP contribution in [0.2, 0.25) is 0 Å². The number of pyridine rings is 1. The predicted molar refractivity (Wildman–Crippen MR) is 145 cm³/mol. The molecule has 1 atom stereocenters. The third-order valence-electron chi connectivity index (χ3n) is 6.86. The number of aromatic nitrogens is 4. The summed E-state index contributed by atoms with van der Waals surface area (Å²) >= 11 is 0. The zero-order valence-electron chi connectivity index (χ0n) is 22.5. The second kappa shape index (κ2) is 9.83. The number of aryl methyl sites for hydroxylation is 1. The lowest BCUT2D eigenvalue weighted by Gasteiger charge is -2.32. The van der Waals surface area contributed by atoms with Crippen LogP contribution >= 0.6 is 0 Å². The van der Waals surface area contributed by atoms with Crippen molar-refractivity contribution < 1.29 is 17.9 Å². The summed E-state index contributed by atoms with van der Waals surface area (Å²) in [5.74, 6) is 3.59. The lowest BCUT2D eigenvalue weighted by Crippen LogP contribution is -2.33. The second-order valence-corrected chi connectivity index (χ2v) is 9.94. The molecule has 0 radical (unpaired) electrons. The standard InChI is InChI=1S/C27H31F3N8O/c1-15(17-8-18(27(28,29)30)10-19(31)9-17)32-26-21-13-37(7-6-22(21)33-16(2)34-26)25-12-20(39-5)11-23-35-24(36(3)4)14-38(23)25/h8-12,14-15H,6-7,13,31H2,1-5H3,(H,32,33,34)/t15-/m1/s1. The van der Waals surface area contributed by atoms with Gasteiger partial charge in [-0.15, -0.1) is 0 Å². The molecule has 206 valence electrons. The van der Waals surface area contributed by atoms with Crippen molar-refractivity contribution in [2.24, 2.45) is 0 Å². The number of nitrogens with one attached hydrogen (secondary N) is 1. The Morgan fingerprint density at radius 2 is 1.87 bits per heavy atom. The van der Waals surface area contributed by atoms with Crippen LogP contribution in [0.25, 0.3) is 5.65 Å². The van der Waals surface area contributed by atoms with Crippen LogP contribution in [0.3, 0.4) is 0 Å². The summed E-state index contributed by atoms with van der Waals surface area (Å²) in [6.45, 7) is 4.80. The molecule has 3 N–H and O–H groups in total. The van der Waals surface area contributed by atoms with Gasteiger partial charge in [-0.25, -0.2) is 15.0 Å². The van der Waals surface area contributed by atoms with E-state index in [1.165, 1.54) is 0 Å². The summed E-state index contributed by atoms with van der Waals surface area (Å²) in [6.07, 6.45) is -1.84. The number of ether oxygens (including phenoxy) is 1. The van der Waals surface area contributed by atoms with Gasteiger partial charge in [0.05, 0.1) is 30.6 Å². The molecule has 0 unspecified atom stereocenters. The third kappa shape index (κ3) is 5.23. The topological polar surface area (TPSA) is 96.8 Å². The molecule has 0 saturated heterocycles. The average Bonchev–Trinajstić information content (AvgIpc) is 3.31. The normalized spacial score (nSPS) is 14.3. The molecule has 9 nitrogen and oxygen atoms in total. The summed E-state index contributed by atoms with van der Waals surface area (Å²) in [4.78, 5) is 18.2. The summed E-state index contributed by atoms with van der Waals surface area (Å²) in [7, 11) is 5.50. The van der Waals surface area contributed by atoms with E-state index in [4.69, 9.17) is 15.5 Å². The number of anilines is 4. The van der Waals surface area contributed by atoms with Gasteiger partial charge < -0.3 is 25.6 Å². The van der Waals surface area contributed by atoms with Crippen molar-refractivity contribution >= 4 is 28.8 Å². The third-order valence-corrected chi connectivity index (χ3v) is 6.86. The molecule has 0 saturated carbocycles. The molecule has 0 fully saturated rings. The number of halogens is 3. The van der Waals surface area contributed by atoms with Crippen molar-refractivity contribution in [3.8, 4) is 5.75 Å². The molecule has 4 aromatic rings. The van der Waals surface area contributed by atoms with Crippen molar-refractivity contribution in [3.05, 3.63) is 64.7 Å². The number of rotatable bonds is 6. The fourth-order valence-electron chi connectivity index (χ4n) is 4.84. The lowest BCUT2D eigenvalue weighted by molar-refractivity contribution is -0.137. The number of benzene rings is 1. The Bertz CT molecular complexity index is 1530. The van der Waals surface area contributed by atoms with Crippen molar-refractivity contribution in [3.63, 3.8) is 0 Å². The molecule has 0 amide bonds. The Hall–Kier alpha value is -4.22. The van der Waals surface area contributed by atoms with Crippen LogP contribution in [0, 0.1) is 6.92 Å². The van der Waals surface area contributed by atoms with Gasteiger partial charge in [0.2, 0.25) is 0 Å². The molecule has 1 aliphatic rings. The van der Waals surface area contributed by atoms with Crippen LogP contribution in [-0.4, -0.2) is 47.1 Å². The number of nitrogens with zero attached hydrogens (tertiary/aromatic N) is 6. The number of methoxy groups -OCH3 is 1. The zero-order valence-corrected chi connectivity index (χ0v) is 22.5.